The standard InChI is InChI=1S/C21H20N4O3/c1-14-6-8-15(9-7-14)20-23-18(24-28-20)12-22-19(26)10-11-25-13-16-4-2-3-5-17(16)21(25)27/h2-9H,10-13H2,1H3,(H,22,26). The number of carbonyl (C=O) groups excluding carboxylic acids is 2. The minimum atomic E-state index is -0.162. The van der Waals surface area contributed by atoms with Crippen molar-refractivity contribution in [2.24, 2.45) is 0 Å². The van der Waals surface area contributed by atoms with E-state index in [1.807, 2.05) is 55.5 Å². The molecule has 0 spiro atoms. The van der Waals surface area contributed by atoms with Crippen LogP contribution in [0.25, 0.3) is 11.5 Å². The second-order valence-electron chi connectivity index (χ2n) is 6.79. The first kappa shape index (κ1) is 17.9. The molecule has 142 valence electrons. The number of carbonyl (C=O) groups is 2. The van der Waals surface area contributed by atoms with E-state index in [1.54, 1.807) is 4.90 Å². The molecule has 0 fully saturated rings. The molecule has 1 aliphatic heterocycles. The molecule has 4 rings (SSSR count). The van der Waals surface area contributed by atoms with E-state index in [-0.39, 0.29) is 24.8 Å². The van der Waals surface area contributed by atoms with Gasteiger partial charge in [0.1, 0.15) is 0 Å². The Bertz CT molecular complexity index is 1010. The van der Waals surface area contributed by atoms with Gasteiger partial charge in [-0.15, -0.1) is 0 Å². The maximum atomic E-state index is 12.3. The third-order valence-corrected chi connectivity index (χ3v) is 4.72. The average molecular weight is 376 g/mol. The topological polar surface area (TPSA) is 88.3 Å². The fourth-order valence-electron chi connectivity index (χ4n) is 3.14. The van der Waals surface area contributed by atoms with Crippen LogP contribution in [0.5, 0.6) is 0 Å². The monoisotopic (exact) mass is 376 g/mol. The fraction of sp³-hybridized carbons (Fsp3) is 0.238. The van der Waals surface area contributed by atoms with Crippen molar-refractivity contribution in [1.82, 2.24) is 20.4 Å². The molecule has 0 aliphatic carbocycles. The number of aromatic nitrogens is 2. The number of rotatable bonds is 6. The number of benzene rings is 2. The summed E-state index contributed by atoms with van der Waals surface area (Å²) >= 11 is 0. The number of hydrogen-bond acceptors (Lipinski definition) is 5. The lowest BCUT2D eigenvalue weighted by molar-refractivity contribution is -0.121. The Balaban J connectivity index is 1.26. The molecule has 0 saturated carbocycles. The first-order valence-corrected chi connectivity index (χ1v) is 9.13. The zero-order chi connectivity index (χ0) is 19.5. The summed E-state index contributed by atoms with van der Waals surface area (Å²) in [4.78, 5) is 30.4. The Labute approximate surface area is 162 Å². The third kappa shape index (κ3) is 3.78. The van der Waals surface area contributed by atoms with Crippen LogP contribution in [0.3, 0.4) is 0 Å². The van der Waals surface area contributed by atoms with Crippen molar-refractivity contribution in [2.75, 3.05) is 6.54 Å². The van der Waals surface area contributed by atoms with Crippen LogP contribution in [0.1, 0.15) is 33.7 Å². The lowest BCUT2D eigenvalue weighted by Crippen LogP contribution is -2.31. The van der Waals surface area contributed by atoms with Gasteiger partial charge in [0.2, 0.25) is 5.91 Å². The molecule has 0 unspecified atom stereocenters. The Hall–Kier alpha value is -3.48. The van der Waals surface area contributed by atoms with Crippen LogP contribution in [0, 0.1) is 6.92 Å². The molecule has 28 heavy (non-hydrogen) atoms. The minimum absolute atomic E-state index is 0.0238. The summed E-state index contributed by atoms with van der Waals surface area (Å²) in [6.07, 6.45) is 0.225. The fourth-order valence-corrected chi connectivity index (χ4v) is 3.14. The largest absolute Gasteiger partial charge is 0.349 e. The first-order valence-electron chi connectivity index (χ1n) is 9.13. The zero-order valence-electron chi connectivity index (χ0n) is 15.5. The van der Waals surface area contributed by atoms with Crippen molar-refractivity contribution in [1.29, 1.82) is 0 Å². The molecule has 2 aromatic carbocycles. The van der Waals surface area contributed by atoms with Crippen molar-refractivity contribution in [3.63, 3.8) is 0 Å². The van der Waals surface area contributed by atoms with Crippen molar-refractivity contribution in [3.05, 3.63) is 71.0 Å². The zero-order valence-corrected chi connectivity index (χ0v) is 15.5. The highest BCUT2D eigenvalue weighted by Crippen LogP contribution is 2.22. The predicted molar refractivity (Wildman–Crippen MR) is 102 cm³/mol. The van der Waals surface area contributed by atoms with E-state index >= 15 is 0 Å². The molecule has 2 heterocycles. The summed E-state index contributed by atoms with van der Waals surface area (Å²) in [7, 11) is 0. The van der Waals surface area contributed by atoms with Crippen LogP contribution in [-0.4, -0.2) is 33.4 Å². The van der Waals surface area contributed by atoms with Crippen LogP contribution < -0.4 is 5.32 Å². The van der Waals surface area contributed by atoms with E-state index in [0.29, 0.717) is 24.8 Å². The molecule has 2 amide bonds. The van der Waals surface area contributed by atoms with E-state index in [0.717, 1.165) is 22.3 Å². The van der Waals surface area contributed by atoms with Gasteiger partial charge in [0.25, 0.3) is 11.8 Å². The second kappa shape index (κ2) is 7.64. The molecule has 1 aromatic heterocycles. The normalized spacial score (nSPS) is 12.9. The van der Waals surface area contributed by atoms with E-state index in [9.17, 15) is 9.59 Å². The number of hydrogen-bond donors (Lipinski definition) is 1. The molecular formula is C21H20N4O3. The maximum absolute atomic E-state index is 12.3. The maximum Gasteiger partial charge on any atom is 0.257 e. The van der Waals surface area contributed by atoms with Gasteiger partial charge in [-0.25, -0.2) is 0 Å². The Morgan fingerprint density at radius 3 is 2.75 bits per heavy atom. The van der Waals surface area contributed by atoms with Crippen molar-refractivity contribution < 1.29 is 14.1 Å². The van der Waals surface area contributed by atoms with Gasteiger partial charge in [0.05, 0.1) is 6.54 Å². The summed E-state index contributed by atoms with van der Waals surface area (Å²) in [5.74, 6) is 0.646. The van der Waals surface area contributed by atoms with E-state index in [1.165, 1.54) is 0 Å². The molecule has 0 radical (unpaired) electrons. The molecule has 1 aliphatic rings. The molecule has 1 N–H and O–H groups in total. The predicted octanol–water partition coefficient (Wildman–Crippen LogP) is 2.71. The van der Waals surface area contributed by atoms with Crippen molar-refractivity contribution >= 4 is 11.8 Å². The number of nitrogens with one attached hydrogen (secondary N) is 1. The van der Waals surface area contributed by atoms with Gasteiger partial charge < -0.3 is 14.7 Å². The lowest BCUT2D eigenvalue weighted by atomic mass is 10.1. The summed E-state index contributed by atoms with van der Waals surface area (Å²) in [6.45, 7) is 3.11. The van der Waals surface area contributed by atoms with Gasteiger partial charge in [-0.1, -0.05) is 41.1 Å². The number of fused-ring (bicyclic) bond motifs is 1. The lowest BCUT2D eigenvalue weighted by Gasteiger charge is -2.14. The molecule has 7 nitrogen and oxygen atoms in total. The first-order chi connectivity index (χ1) is 13.6. The second-order valence-corrected chi connectivity index (χ2v) is 6.79. The molecule has 7 heteroatoms. The van der Waals surface area contributed by atoms with Gasteiger partial charge in [-0.05, 0) is 30.7 Å². The van der Waals surface area contributed by atoms with Crippen LogP contribution in [0.15, 0.2) is 53.1 Å². The Morgan fingerprint density at radius 1 is 1.18 bits per heavy atom. The molecule has 0 bridgehead atoms. The SMILES string of the molecule is Cc1ccc(-c2nc(CNC(=O)CCN3Cc4ccccc4C3=O)no2)cc1. The Morgan fingerprint density at radius 2 is 1.96 bits per heavy atom. The highest BCUT2D eigenvalue weighted by Gasteiger charge is 2.26. The summed E-state index contributed by atoms with van der Waals surface area (Å²) < 4.78 is 5.25. The van der Waals surface area contributed by atoms with Gasteiger partial charge in [0.15, 0.2) is 5.82 Å². The van der Waals surface area contributed by atoms with Gasteiger partial charge >= 0.3 is 0 Å². The minimum Gasteiger partial charge on any atom is -0.349 e. The van der Waals surface area contributed by atoms with Crippen LogP contribution in [0.2, 0.25) is 0 Å². The van der Waals surface area contributed by atoms with Crippen molar-refractivity contribution in [3.8, 4) is 11.5 Å². The molecule has 3 aromatic rings. The summed E-state index contributed by atoms with van der Waals surface area (Å²) in [5, 5.41) is 6.67. The highest BCUT2D eigenvalue weighted by molar-refractivity contribution is 5.98. The third-order valence-electron chi connectivity index (χ3n) is 4.72. The molecule has 0 atom stereocenters. The van der Waals surface area contributed by atoms with Gasteiger partial charge in [-0.2, -0.15) is 4.98 Å². The number of aryl methyl sites for hydroxylation is 1. The Kier molecular flexibility index (Phi) is 4.89. The molecule has 0 saturated heterocycles. The van der Waals surface area contributed by atoms with Crippen LogP contribution >= 0.6 is 0 Å². The average Bonchev–Trinajstić information content (AvgIpc) is 3.30. The van der Waals surface area contributed by atoms with Gasteiger partial charge in [0, 0.05) is 30.6 Å². The molecular weight excluding hydrogens is 356 g/mol. The van der Waals surface area contributed by atoms with E-state index in [4.69, 9.17) is 4.52 Å². The quantitative estimate of drug-likeness (QED) is 0.715. The van der Waals surface area contributed by atoms with Crippen LogP contribution in [0.4, 0.5) is 0 Å². The van der Waals surface area contributed by atoms with Crippen LogP contribution in [-0.2, 0) is 17.9 Å². The van der Waals surface area contributed by atoms with E-state index in [2.05, 4.69) is 15.5 Å². The number of nitrogens with zero attached hydrogens (tertiary/aromatic N) is 3. The summed E-state index contributed by atoms with van der Waals surface area (Å²) in [5.41, 5.74) is 3.71. The highest BCUT2D eigenvalue weighted by atomic mass is 16.5. The number of amides is 2. The van der Waals surface area contributed by atoms with E-state index < -0.39 is 0 Å². The van der Waals surface area contributed by atoms with Gasteiger partial charge in [-0.3, -0.25) is 9.59 Å². The van der Waals surface area contributed by atoms with Crippen molar-refractivity contribution in [2.45, 2.75) is 26.4 Å². The smallest absolute Gasteiger partial charge is 0.257 e. The summed E-state index contributed by atoms with van der Waals surface area (Å²) in [6, 6.07) is 15.3.